The van der Waals surface area contributed by atoms with Crippen LogP contribution < -0.4 is 0 Å². The maximum absolute atomic E-state index is 15.2. The summed E-state index contributed by atoms with van der Waals surface area (Å²) in [6.45, 7) is 21.2. The molecule has 0 aromatic heterocycles. The maximum atomic E-state index is 15.2. The van der Waals surface area contributed by atoms with E-state index in [0.29, 0.717) is 19.3 Å². The Morgan fingerprint density at radius 2 is 1.10 bits per heavy atom. The van der Waals surface area contributed by atoms with Crippen LogP contribution >= 0.6 is 0 Å². The van der Waals surface area contributed by atoms with E-state index >= 15 is 4.79 Å². The highest BCUT2D eigenvalue weighted by Crippen LogP contribution is 2.75. The van der Waals surface area contributed by atoms with Crippen molar-refractivity contribution >= 4 is 53.5 Å². The lowest BCUT2D eigenvalue weighted by Crippen LogP contribution is -2.68. The molecule has 0 radical (unpaired) electrons. The van der Waals surface area contributed by atoms with Gasteiger partial charge in [-0.3, -0.25) is 38.4 Å². The molecule has 0 bridgehead atoms. The highest BCUT2D eigenvalue weighted by atomic mass is 16.8. The molecular formula is C56H80O21. The van der Waals surface area contributed by atoms with Gasteiger partial charge in [0.15, 0.2) is 61.1 Å². The van der Waals surface area contributed by atoms with Gasteiger partial charge >= 0.3 is 47.8 Å². The van der Waals surface area contributed by atoms with Crippen LogP contribution in [0.25, 0.3) is 0 Å². The summed E-state index contributed by atoms with van der Waals surface area (Å²) in [6.07, 6.45) is -8.46. The fourth-order valence-corrected chi connectivity index (χ4v) is 15.5. The standard InChI is InChI=1S/C56H80O21/c1-27(57)69-39-36(26-68-48-44(73-31(5)61)42(72-30(4)60)41(71-29(3)59)43(77-48)47(64)66-14)75-49(45(74-32(6)62)40(39)70-28(2)58)76-38-17-18-54(11)37(51(38,7)8)16-19-56(13)46(54)35(63)24-33-34-25-53(10,50(65)67-15)21-20-52(34,9)22-23-55(33,56)12/h24,34,36-46,48-49H,16-23,25-26H2,1-15H3/t34-,36-,37+,38+,39-,40+,41+,42+,43+,44-,45-,46-,48-,49-,52-,53+,54+,55-,56-/m1/s1. The van der Waals surface area contributed by atoms with E-state index < -0.39 is 138 Å². The minimum atomic E-state index is -1.80. The zero-order valence-corrected chi connectivity index (χ0v) is 47.3. The molecule has 430 valence electrons. The van der Waals surface area contributed by atoms with E-state index in [0.717, 1.165) is 92.8 Å². The van der Waals surface area contributed by atoms with Crippen LogP contribution in [0.4, 0.5) is 0 Å². The molecule has 21 heteroatoms. The smallest absolute Gasteiger partial charge is 0.339 e. The van der Waals surface area contributed by atoms with E-state index in [2.05, 4.69) is 41.5 Å². The first-order valence-electron chi connectivity index (χ1n) is 26.8. The molecule has 2 saturated heterocycles. The molecular weight excluding hydrogens is 1010 g/mol. The average Bonchev–Trinajstić information content (AvgIpc) is 3.34. The summed E-state index contributed by atoms with van der Waals surface area (Å²) in [5.41, 5.74) is -1.48. The lowest BCUT2D eigenvalue weighted by Gasteiger charge is -2.70. The second-order valence-corrected chi connectivity index (χ2v) is 24.5. The third kappa shape index (κ3) is 10.9. The normalized spacial score (nSPS) is 41.9. The highest BCUT2D eigenvalue weighted by Gasteiger charge is 2.71. The first-order chi connectivity index (χ1) is 35.8. The Balaban J connectivity index is 1.21. The third-order valence-electron chi connectivity index (χ3n) is 19.2. The number of esters is 8. The predicted octanol–water partition coefficient (Wildman–Crippen LogP) is 5.75. The Morgan fingerprint density at radius 3 is 1.66 bits per heavy atom. The van der Waals surface area contributed by atoms with Gasteiger partial charge in [-0.15, -0.1) is 0 Å². The van der Waals surface area contributed by atoms with E-state index in [1.807, 2.05) is 13.0 Å². The van der Waals surface area contributed by atoms with E-state index in [-0.39, 0.29) is 40.3 Å². The molecule has 19 atom stereocenters. The summed E-state index contributed by atoms with van der Waals surface area (Å²) in [6, 6.07) is 0. The summed E-state index contributed by atoms with van der Waals surface area (Å²) >= 11 is 0. The van der Waals surface area contributed by atoms with E-state index in [9.17, 15) is 38.4 Å². The summed E-state index contributed by atoms with van der Waals surface area (Å²) in [5, 5.41) is 0. The van der Waals surface area contributed by atoms with E-state index in [1.54, 1.807) is 0 Å². The molecule has 2 heterocycles. The number of methoxy groups -OCH3 is 2. The van der Waals surface area contributed by atoms with Gasteiger partial charge in [0.05, 0.1) is 32.3 Å². The van der Waals surface area contributed by atoms with Gasteiger partial charge in [0, 0.05) is 47.5 Å². The fraction of sp³-hybridized carbons (Fsp3) is 0.804. The molecule has 0 aromatic rings. The molecule has 0 amide bonds. The zero-order valence-electron chi connectivity index (χ0n) is 47.3. The number of hydrogen-bond acceptors (Lipinski definition) is 21. The zero-order chi connectivity index (χ0) is 57.1. The Labute approximate surface area is 450 Å². The quantitative estimate of drug-likeness (QED) is 0.121. The molecule has 0 spiro atoms. The molecule has 7 rings (SSSR count). The number of hydrogen-bond donors (Lipinski definition) is 0. The van der Waals surface area contributed by atoms with Crippen LogP contribution in [0.2, 0.25) is 0 Å². The molecule has 0 aromatic carbocycles. The van der Waals surface area contributed by atoms with Crippen LogP contribution in [0.15, 0.2) is 11.6 Å². The first-order valence-corrected chi connectivity index (χ1v) is 26.8. The summed E-state index contributed by atoms with van der Waals surface area (Å²) in [4.78, 5) is 118. The van der Waals surface area contributed by atoms with Crippen LogP contribution in [0.1, 0.15) is 148 Å². The number of allylic oxidation sites excluding steroid dienone is 2. The number of ketones is 1. The maximum Gasteiger partial charge on any atom is 0.339 e. The number of ether oxygens (including phenoxy) is 12. The molecule has 7 aliphatic rings. The fourth-order valence-electron chi connectivity index (χ4n) is 15.5. The van der Waals surface area contributed by atoms with Gasteiger partial charge in [-0.05, 0) is 110 Å². The average molecular weight is 1090 g/mol. The number of fused-ring (bicyclic) bond motifs is 7. The van der Waals surface area contributed by atoms with Gasteiger partial charge in [0.2, 0.25) is 0 Å². The lowest BCUT2D eigenvalue weighted by molar-refractivity contribution is -0.345. The Bertz CT molecular complexity index is 2400. The third-order valence-corrected chi connectivity index (χ3v) is 19.2. The van der Waals surface area contributed by atoms with Crippen molar-refractivity contribution in [2.24, 2.45) is 50.2 Å². The van der Waals surface area contributed by atoms with Crippen molar-refractivity contribution in [3.05, 3.63) is 11.6 Å². The molecule has 0 N–H and O–H groups in total. The Morgan fingerprint density at radius 1 is 0.584 bits per heavy atom. The van der Waals surface area contributed by atoms with Crippen LogP contribution in [0.5, 0.6) is 0 Å². The van der Waals surface area contributed by atoms with Crippen LogP contribution in [-0.2, 0) is 100.0 Å². The molecule has 21 nitrogen and oxygen atoms in total. The van der Waals surface area contributed by atoms with Crippen molar-refractivity contribution in [2.75, 3.05) is 20.8 Å². The SMILES string of the molecule is COC(=O)[C@H]1O[C@@H](OC[C@H]2O[C@H](O[C@H]3CC[C@]4(C)[C@H]5C(=O)C=C6[C@H]7C[C@@](C)(C(=O)OC)CC[C@]7(C)CC[C@@]6(C)[C@]5(C)CC[C@H]4C3(C)C)[C@H](OC(C)=O)[C@@H](OC(C)=O)[C@@H]2OC(C)=O)[C@H](OC(C)=O)[C@@H](OC(C)=O)[C@@H]1OC(C)=O. The molecule has 0 unspecified atom stereocenters. The minimum Gasteiger partial charge on any atom is -0.469 e. The summed E-state index contributed by atoms with van der Waals surface area (Å²) in [5.74, 6) is -6.83. The van der Waals surface area contributed by atoms with Crippen molar-refractivity contribution in [1.82, 2.24) is 0 Å². The molecule has 5 aliphatic carbocycles. The van der Waals surface area contributed by atoms with Crippen molar-refractivity contribution in [3.8, 4) is 0 Å². The van der Waals surface area contributed by atoms with Crippen LogP contribution in [-0.4, -0.2) is 142 Å². The molecule has 4 saturated carbocycles. The Hall–Kier alpha value is -4.99. The van der Waals surface area contributed by atoms with E-state index in [4.69, 9.17) is 56.8 Å². The van der Waals surface area contributed by atoms with Gasteiger partial charge in [0.25, 0.3) is 0 Å². The van der Waals surface area contributed by atoms with Gasteiger partial charge in [-0.1, -0.05) is 47.1 Å². The van der Waals surface area contributed by atoms with Crippen molar-refractivity contribution < 1.29 is 100.0 Å². The van der Waals surface area contributed by atoms with Crippen molar-refractivity contribution in [2.45, 2.75) is 215 Å². The van der Waals surface area contributed by atoms with Gasteiger partial charge in [-0.2, -0.15) is 0 Å². The topological polar surface area (TPSA) is 264 Å². The second kappa shape index (κ2) is 21.9. The largest absolute Gasteiger partial charge is 0.469 e. The molecule has 77 heavy (non-hydrogen) atoms. The Kier molecular flexibility index (Phi) is 17.0. The molecule has 6 fully saturated rings. The predicted molar refractivity (Wildman–Crippen MR) is 265 cm³/mol. The highest BCUT2D eigenvalue weighted by molar-refractivity contribution is 5.96. The molecule has 2 aliphatic heterocycles. The van der Waals surface area contributed by atoms with Crippen molar-refractivity contribution in [3.63, 3.8) is 0 Å². The number of carbonyl (C=O) groups is 9. The number of rotatable bonds is 13. The van der Waals surface area contributed by atoms with Crippen LogP contribution in [0, 0.1) is 50.2 Å². The first kappa shape index (κ1) is 59.7. The monoisotopic (exact) mass is 1090 g/mol. The second-order valence-electron chi connectivity index (χ2n) is 24.5. The van der Waals surface area contributed by atoms with Crippen LogP contribution in [0.3, 0.4) is 0 Å². The van der Waals surface area contributed by atoms with Crippen molar-refractivity contribution in [1.29, 1.82) is 0 Å². The van der Waals surface area contributed by atoms with Gasteiger partial charge < -0.3 is 56.8 Å². The van der Waals surface area contributed by atoms with Gasteiger partial charge in [-0.25, -0.2) is 4.79 Å². The lowest BCUT2D eigenvalue weighted by atomic mass is 9.33. The minimum absolute atomic E-state index is 0.0395. The summed E-state index contributed by atoms with van der Waals surface area (Å²) < 4.78 is 70.0. The summed E-state index contributed by atoms with van der Waals surface area (Å²) in [7, 11) is 2.47. The van der Waals surface area contributed by atoms with E-state index in [1.165, 1.54) is 7.11 Å². The van der Waals surface area contributed by atoms with Gasteiger partial charge in [0.1, 0.15) is 6.10 Å². The number of carbonyl (C=O) groups excluding carboxylic acids is 9.